The third kappa shape index (κ3) is 4.68. The Morgan fingerprint density at radius 3 is 2.74 bits per heavy atom. The van der Waals surface area contributed by atoms with E-state index in [0.717, 1.165) is 5.56 Å². The number of nitrogens with zero attached hydrogens (tertiary/aromatic N) is 2. The van der Waals surface area contributed by atoms with Crippen LogP contribution in [0.5, 0.6) is 0 Å². The molecule has 102 valence electrons. The van der Waals surface area contributed by atoms with E-state index in [-0.39, 0.29) is 16.8 Å². The molecule has 1 aliphatic heterocycles. The minimum Gasteiger partial charge on any atom is -0.377 e. The van der Waals surface area contributed by atoms with Gasteiger partial charge in [0.05, 0.1) is 17.7 Å². The predicted molar refractivity (Wildman–Crippen MR) is 80.3 cm³/mol. The van der Waals surface area contributed by atoms with Crippen molar-refractivity contribution >= 4 is 33.0 Å². The first-order chi connectivity index (χ1) is 9.05. The molecule has 0 spiro atoms. The zero-order valence-electron chi connectivity index (χ0n) is 10.3. The van der Waals surface area contributed by atoms with Crippen LogP contribution < -0.4 is 5.73 Å². The number of nitrogens with two attached hydrogens (primary N) is 1. The first kappa shape index (κ1) is 14.1. The fourth-order valence-electron chi connectivity index (χ4n) is 1.74. The lowest BCUT2D eigenvalue weighted by molar-refractivity contribution is 0.602. The lowest BCUT2D eigenvalue weighted by Gasteiger charge is -2.04. The van der Waals surface area contributed by atoms with Gasteiger partial charge in [-0.1, -0.05) is 42.1 Å². The van der Waals surface area contributed by atoms with Crippen LogP contribution in [0.2, 0.25) is 0 Å². The third-order valence-corrected chi connectivity index (χ3v) is 5.68. The molecule has 0 aromatic heterocycles. The van der Waals surface area contributed by atoms with E-state index in [1.807, 2.05) is 30.3 Å². The normalized spacial score (nSPS) is 22.9. The van der Waals surface area contributed by atoms with E-state index in [9.17, 15) is 8.42 Å². The van der Waals surface area contributed by atoms with Gasteiger partial charge in [0.25, 0.3) is 0 Å². The molecule has 7 heteroatoms. The van der Waals surface area contributed by atoms with Crippen molar-refractivity contribution in [3.05, 3.63) is 35.9 Å². The van der Waals surface area contributed by atoms with Gasteiger partial charge in [-0.3, -0.25) is 0 Å². The van der Waals surface area contributed by atoms with Crippen LogP contribution in [0.15, 0.2) is 40.5 Å². The zero-order valence-corrected chi connectivity index (χ0v) is 11.9. The average molecular weight is 297 g/mol. The highest BCUT2D eigenvalue weighted by atomic mass is 32.2. The van der Waals surface area contributed by atoms with Gasteiger partial charge in [0.2, 0.25) is 0 Å². The highest BCUT2D eigenvalue weighted by molar-refractivity contribution is 8.15. The van der Waals surface area contributed by atoms with Crippen molar-refractivity contribution < 1.29 is 8.42 Å². The Bertz CT molecular complexity index is 582. The van der Waals surface area contributed by atoms with Crippen LogP contribution in [-0.2, 0) is 9.84 Å². The van der Waals surface area contributed by atoms with Crippen molar-refractivity contribution in [3.8, 4) is 0 Å². The summed E-state index contributed by atoms with van der Waals surface area (Å²) in [6.45, 7) is 0. The largest absolute Gasteiger partial charge is 0.377 e. The molecule has 5 nitrogen and oxygen atoms in total. The lowest BCUT2D eigenvalue weighted by atomic mass is 10.2. The molecule has 1 aliphatic rings. The Kier molecular flexibility index (Phi) is 4.60. The molecule has 0 bridgehead atoms. The summed E-state index contributed by atoms with van der Waals surface area (Å²) >= 11 is 1.28. The van der Waals surface area contributed by atoms with Gasteiger partial charge in [0.15, 0.2) is 15.0 Å². The fraction of sp³-hybridized carbons (Fsp3) is 0.333. The molecule has 0 aliphatic carbocycles. The third-order valence-electron chi connectivity index (χ3n) is 2.64. The van der Waals surface area contributed by atoms with Gasteiger partial charge in [0.1, 0.15) is 0 Å². The minimum atomic E-state index is -2.87. The summed E-state index contributed by atoms with van der Waals surface area (Å²) in [7, 11) is -2.87. The Hall–Kier alpha value is -1.34. The Balaban J connectivity index is 1.88. The van der Waals surface area contributed by atoms with Crippen molar-refractivity contribution in [2.24, 2.45) is 15.9 Å². The highest BCUT2D eigenvalue weighted by Crippen LogP contribution is 2.24. The molecule has 1 unspecified atom stereocenters. The van der Waals surface area contributed by atoms with E-state index in [2.05, 4.69) is 10.2 Å². The molecule has 1 heterocycles. The molecule has 1 atom stereocenters. The van der Waals surface area contributed by atoms with Crippen molar-refractivity contribution in [1.82, 2.24) is 0 Å². The summed E-state index contributed by atoms with van der Waals surface area (Å²) in [6, 6.07) is 9.56. The molecule has 1 aromatic rings. The maximum atomic E-state index is 11.3. The van der Waals surface area contributed by atoms with Gasteiger partial charge in [-0.05, 0) is 12.0 Å². The summed E-state index contributed by atoms with van der Waals surface area (Å²) in [5.41, 5.74) is 6.65. The molecular weight excluding hydrogens is 282 g/mol. The summed E-state index contributed by atoms with van der Waals surface area (Å²) < 4.78 is 22.6. The Morgan fingerprint density at radius 2 is 2.11 bits per heavy atom. The van der Waals surface area contributed by atoms with Gasteiger partial charge in [0, 0.05) is 5.25 Å². The van der Waals surface area contributed by atoms with Crippen LogP contribution in [0, 0.1) is 0 Å². The second-order valence-electron chi connectivity index (χ2n) is 4.24. The van der Waals surface area contributed by atoms with Gasteiger partial charge in [-0.15, -0.1) is 5.10 Å². The highest BCUT2D eigenvalue weighted by Gasteiger charge is 2.28. The maximum absolute atomic E-state index is 11.3. The number of hydrogen-bond donors (Lipinski definition) is 1. The number of hydrogen-bond acceptors (Lipinski definition) is 5. The lowest BCUT2D eigenvalue weighted by Crippen LogP contribution is -2.14. The van der Waals surface area contributed by atoms with Crippen LogP contribution in [0.1, 0.15) is 12.0 Å². The average Bonchev–Trinajstić information content (AvgIpc) is 2.70. The minimum absolute atomic E-state index is 0.000625. The summed E-state index contributed by atoms with van der Waals surface area (Å²) in [6.07, 6.45) is 2.24. The molecule has 1 aromatic carbocycles. The van der Waals surface area contributed by atoms with Gasteiger partial charge >= 0.3 is 0 Å². The van der Waals surface area contributed by atoms with E-state index in [1.165, 1.54) is 11.8 Å². The summed E-state index contributed by atoms with van der Waals surface area (Å²) in [5.74, 6) is 0.418. The van der Waals surface area contributed by atoms with E-state index < -0.39 is 9.84 Å². The van der Waals surface area contributed by atoms with Gasteiger partial charge in [-0.25, -0.2) is 8.42 Å². The molecule has 1 saturated heterocycles. The number of amidine groups is 1. The van der Waals surface area contributed by atoms with Crippen molar-refractivity contribution in [1.29, 1.82) is 0 Å². The molecular formula is C12H15N3O2S2. The van der Waals surface area contributed by atoms with E-state index in [1.54, 1.807) is 6.21 Å². The van der Waals surface area contributed by atoms with Gasteiger partial charge < -0.3 is 5.73 Å². The molecule has 19 heavy (non-hydrogen) atoms. The van der Waals surface area contributed by atoms with Crippen molar-refractivity contribution in [3.63, 3.8) is 0 Å². The summed E-state index contributed by atoms with van der Waals surface area (Å²) in [4.78, 5) is 0. The number of rotatable bonds is 3. The van der Waals surface area contributed by atoms with Gasteiger partial charge in [-0.2, -0.15) is 5.10 Å². The van der Waals surface area contributed by atoms with E-state index in [4.69, 9.17) is 5.73 Å². The second-order valence-corrected chi connectivity index (χ2v) is 7.79. The topological polar surface area (TPSA) is 84.9 Å². The van der Waals surface area contributed by atoms with Crippen LogP contribution in [0.25, 0.3) is 0 Å². The number of sulfone groups is 1. The quantitative estimate of drug-likeness (QED) is 0.517. The Labute approximate surface area is 116 Å². The number of benzene rings is 1. The molecule has 2 rings (SSSR count). The fourth-order valence-corrected chi connectivity index (χ4v) is 5.00. The standard InChI is InChI=1S/C12H15N3O2S2/c13-12(18-11-6-7-19(16,17)9-11)15-14-8-10-4-2-1-3-5-10/h1-5,8,11H,6-7,9H2,(H2,13,15)/b14-8+. The SMILES string of the molecule is N/C(=N/N=C/c1ccccc1)SC1CCS(=O)(=O)C1. The smallest absolute Gasteiger partial charge is 0.180 e. The van der Waals surface area contributed by atoms with Crippen LogP contribution >= 0.6 is 11.8 Å². The first-order valence-electron chi connectivity index (χ1n) is 5.84. The summed E-state index contributed by atoms with van der Waals surface area (Å²) in [5, 5.41) is 8.05. The Morgan fingerprint density at radius 1 is 1.37 bits per heavy atom. The van der Waals surface area contributed by atoms with Crippen LogP contribution in [0.3, 0.4) is 0 Å². The number of thioether (sulfide) groups is 1. The maximum Gasteiger partial charge on any atom is 0.180 e. The van der Waals surface area contributed by atoms with E-state index >= 15 is 0 Å². The molecule has 0 amide bonds. The van der Waals surface area contributed by atoms with Crippen LogP contribution in [0.4, 0.5) is 0 Å². The van der Waals surface area contributed by atoms with Crippen molar-refractivity contribution in [2.45, 2.75) is 11.7 Å². The second kappa shape index (κ2) is 6.21. The monoisotopic (exact) mass is 297 g/mol. The molecule has 0 radical (unpaired) electrons. The van der Waals surface area contributed by atoms with Crippen LogP contribution in [-0.4, -0.2) is 36.6 Å². The predicted octanol–water partition coefficient (Wildman–Crippen LogP) is 1.26. The first-order valence-corrected chi connectivity index (χ1v) is 8.54. The molecule has 1 fully saturated rings. The zero-order chi connectivity index (χ0) is 13.7. The molecule has 2 N–H and O–H groups in total. The van der Waals surface area contributed by atoms with E-state index in [0.29, 0.717) is 11.6 Å². The molecule has 0 saturated carbocycles. The van der Waals surface area contributed by atoms with Crippen molar-refractivity contribution in [2.75, 3.05) is 11.5 Å².